The SMILES string of the molecule is C1CCCN2CCC(CC1)CC2. The van der Waals surface area contributed by atoms with E-state index in [1.54, 1.807) is 0 Å². The molecule has 3 fully saturated rings. The third-order valence-electron chi connectivity index (χ3n) is 3.54. The van der Waals surface area contributed by atoms with E-state index in [-0.39, 0.29) is 0 Å². The molecule has 0 atom stereocenters. The minimum absolute atomic E-state index is 1.08. The van der Waals surface area contributed by atoms with Crippen LogP contribution in [-0.4, -0.2) is 24.5 Å². The van der Waals surface area contributed by atoms with Gasteiger partial charge in [-0.2, -0.15) is 0 Å². The van der Waals surface area contributed by atoms with Crippen molar-refractivity contribution in [1.82, 2.24) is 4.90 Å². The predicted molar refractivity (Wildman–Crippen MR) is 52.2 cm³/mol. The van der Waals surface area contributed by atoms with E-state index in [1.807, 2.05) is 0 Å². The molecule has 0 radical (unpaired) electrons. The van der Waals surface area contributed by atoms with Gasteiger partial charge in [-0.15, -0.1) is 0 Å². The monoisotopic (exact) mass is 167 g/mol. The van der Waals surface area contributed by atoms with Gasteiger partial charge in [0, 0.05) is 0 Å². The van der Waals surface area contributed by atoms with Crippen LogP contribution in [0.1, 0.15) is 44.9 Å². The molecule has 2 bridgehead atoms. The number of rotatable bonds is 0. The van der Waals surface area contributed by atoms with Crippen molar-refractivity contribution in [2.45, 2.75) is 44.9 Å². The van der Waals surface area contributed by atoms with Gasteiger partial charge in [-0.25, -0.2) is 0 Å². The Bertz CT molecular complexity index is 103. The standard InChI is InChI=1S/C11H21N/c1-2-4-8-12-9-6-11(5-3-1)7-10-12/h11H,1-10H2. The third-order valence-corrected chi connectivity index (χ3v) is 3.54. The summed E-state index contributed by atoms with van der Waals surface area (Å²) in [6.07, 6.45) is 10.4. The van der Waals surface area contributed by atoms with Crippen LogP contribution in [0, 0.1) is 5.92 Å². The van der Waals surface area contributed by atoms with Crippen molar-refractivity contribution in [3.05, 3.63) is 0 Å². The molecule has 3 rings (SSSR count). The van der Waals surface area contributed by atoms with Crippen molar-refractivity contribution in [1.29, 1.82) is 0 Å². The lowest BCUT2D eigenvalue weighted by atomic mass is 9.90. The zero-order valence-electron chi connectivity index (χ0n) is 8.10. The van der Waals surface area contributed by atoms with E-state index < -0.39 is 0 Å². The van der Waals surface area contributed by atoms with Crippen molar-refractivity contribution in [3.8, 4) is 0 Å². The molecule has 1 heteroatoms. The van der Waals surface area contributed by atoms with E-state index in [2.05, 4.69) is 4.90 Å². The summed E-state index contributed by atoms with van der Waals surface area (Å²) in [6.45, 7) is 4.17. The quantitative estimate of drug-likeness (QED) is 0.536. The highest BCUT2D eigenvalue weighted by atomic mass is 15.1. The van der Waals surface area contributed by atoms with Crippen molar-refractivity contribution in [2.24, 2.45) is 5.92 Å². The summed E-state index contributed by atoms with van der Waals surface area (Å²) in [5.41, 5.74) is 0. The molecule has 3 heterocycles. The molecule has 0 amide bonds. The molecule has 0 unspecified atom stereocenters. The lowest BCUT2D eigenvalue weighted by Gasteiger charge is -2.33. The van der Waals surface area contributed by atoms with Gasteiger partial charge in [-0.3, -0.25) is 0 Å². The Hall–Kier alpha value is -0.0400. The molecule has 0 aromatic rings. The van der Waals surface area contributed by atoms with E-state index in [4.69, 9.17) is 0 Å². The van der Waals surface area contributed by atoms with Gasteiger partial charge in [0.15, 0.2) is 0 Å². The zero-order chi connectivity index (χ0) is 8.23. The second-order valence-electron chi connectivity index (χ2n) is 4.49. The summed E-state index contributed by atoms with van der Waals surface area (Å²) >= 11 is 0. The molecule has 3 aliphatic rings. The van der Waals surface area contributed by atoms with E-state index in [0.717, 1.165) is 5.92 Å². The van der Waals surface area contributed by atoms with Gasteiger partial charge < -0.3 is 4.90 Å². The van der Waals surface area contributed by atoms with Crippen molar-refractivity contribution in [3.63, 3.8) is 0 Å². The second-order valence-corrected chi connectivity index (χ2v) is 4.49. The maximum absolute atomic E-state index is 2.67. The van der Waals surface area contributed by atoms with Crippen molar-refractivity contribution < 1.29 is 0 Å². The highest BCUT2D eigenvalue weighted by Gasteiger charge is 2.19. The van der Waals surface area contributed by atoms with Crippen LogP contribution in [-0.2, 0) is 0 Å². The van der Waals surface area contributed by atoms with Crippen LogP contribution in [0.4, 0.5) is 0 Å². The van der Waals surface area contributed by atoms with Gasteiger partial charge >= 0.3 is 0 Å². The largest absolute Gasteiger partial charge is 0.303 e. The van der Waals surface area contributed by atoms with Crippen LogP contribution in [0.3, 0.4) is 0 Å². The smallest absolute Gasteiger partial charge is 0.00161 e. The normalized spacial score (nSPS) is 38.0. The van der Waals surface area contributed by atoms with Gasteiger partial charge in [0.2, 0.25) is 0 Å². The van der Waals surface area contributed by atoms with Gasteiger partial charge in [0.25, 0.3) is 0 Å². The fourth-order valence-electron chi connectivity index (χ4n) is 2.62. The summed E-state index contributed by atoms with van der Waals surface area (Å²) in [6, 6.07) is 0. The highest BCUT2D eigenvalue weighted by Crippen LogP contribution is 2.24. The molecule has 70 valence electrons. The van der Waals surface area contributed by atoms with Crippen LogP contribution < -0.4 is 0 Å². The number of nitrogens with zero attached hydrogens (tertiary/aromatic N) is 1. The molecule has 3 saturated heterocycles. The first-order valence-corrected chi connectivity index (χ1v) is 5.67. The molecule has 0 N–H and O–H groups in total. The number of fused-ring (bicyclic) bond motifs is 7. The average Bonchev–Trinajstić information content (AvgIpc) is 2.16. The summed E-state index contributed by atoms with van der Waals surface area (Å²) in [5, 5.41) is 0. The van der Waals surface area contributed by atoms with Crippen molar-refractivity contribution >= 4 is 0 Å². The molecular weight excluding hydrogens is 146 g/mol. The van der Waals surface area contributed by atoms with Crippen molar-refractivity contribution in [2.75, 3.05) is 19.6 Å². The minimum atomic E-state index is 1.08. The second kappa shape index (κ2) is 4.27. The molecule has 0 aromatic heterocycles. The summed E-state index contributed by atoms with van der Waals surface area (Å²) in [7, 11) is 0. The van der Waals surface area contributed by atoms with Gasteiger partial charge in [-0.1, -0.05) is 25.7 Å². The Morgan fingerprint density at radius 1 is 0.667 bits per heavy atom. The van der Waals surface area contributed by atoms with Gasteiger partial charge in [0.05, 0.1) is 0 Å². The Morgan fingerprint density at radius 2 is 1.42 bits per heavy atom. The predicted octanol–water partition coefficient (Wildman–Crippen LogP) is 2.66. The Balaban J connectivity index is 1.86. The lowest BCUT2D eigenvalue weighted by Crippen LogP contribution is -2.34. The van der Waals surface area contributed by atoms with Crippen LogP contribution in [0.2, 0.25) is 0 Å². The molecule has 0 saturated carbocycles. The van der Waals surface area contributed by atoms with E-state index in [9.17, 15) is 0 Å². The minimum Gasteiger partial charge on any atom is -0.303 e. The Kier molecular flexibility index (Phi) is 3.04. The Labute approximate surface area is 76.1 Å². The molecule has 0 aliphatic carbocycles. The van der Waals surface area contributed by atoms with E-state index >= 15 is 0 Å². The maximum atomic E-state index is 2.67. The lowest BCUT2D eigenvalue weighted by molar-refractivity contribution is 0.167. The highest BCUT2D eigenvalue weighted by molar-refractivity contribution is 4.73. The van der Waals surface area contributed by atoms with Gasteiger partial charge in [-0.05, 0) is 44.8 Å². The fraction of sp³-hybridized carbons (Fsp3) is 1.00. The molecule has 0 aromatic carbocycles. The Morgan fingerprint density at radius 3 is 2.25 bits per heavy atom. The topological polar surface area (TPSA) is 3.24 Å². The van der Waals surface area contributed by atoms with Crippen LogP contribution in [0.25, 0.3) is 0 Å². The van der Waals surface area contributed by atoms with Gasteiger partial charge in [0.1, 0.15) is 0 Å². The zero-order valence-corrected chi connectivity index (χ0v) is 8.10. The van der Waals surface area contributed by atoms with Crippen LogP contribution in [0.15, 0.2) is 0 Å². The summed E-state index contributed by atoms with van der Waals surface area (Å²) < 4.78 is 0. The summed E-state index contributed by atoms with van der Waals surface area (Å²) in [4.78, 5) is 2.67. The average molecular weight is 167 g/mol. The number of piperidine rings is 1. The molecule has 0 spiro atoms. The summed E-state index contributed by atoms with van der Waals surface area (Å²) in [5.74, 6) is 1.08. The van der Waals surface area contributed by atoms with Crippen LogP contribution in [0.5, 0.6) is 0 Å². The first-order chi connectivity index (χ1) is 5.95. The number of hydrogen-bond donors (Lipinski definition) is 0. The van der Waals surface area contributed by atoms with Crippen LogP contribution >= 0.6 is 0 Å². The van der Waals surface area contributed by atoms with E-state index in [0.29, 0.717) is 0 Å². The third kappa shape index (κ3) is 2.22. The molecule has 1 nitrogen and oxygen atoms in total. The molecule has 12 heavy (non-hydrogen) atoms. The fourth-order valence-corrected chi connectivity index (χ4v) is 2.62. The number of hydrogen-bond acceptors (Lipinski definition) is 1. The molecule has 3 aliphatic heterocycles. The maximum Gasteiger partial charge on any atom is -0.00161 e. The van der Waals surface area contributed by atoms with E-state index in [1.165, 1.54) is 64.6 Å². The molecular formula is C11H21N. The first-order valence-electron chi connectivity index (χ1n) is 5.67. The first kappa shape index (κ1) is 8.55.